The molecule has 2 amide bonds. The molecule has 3 rings (SSSR count). The first-order valence-electron chi connectivity index (χ1n) is 9.97. The second-order valence-corrected chi connectivity index (χ2v) is 7.52. The van der Waals surface area contributed by atoms with E-state index >= 15 is 0 Å². The number of carbonyl (C=O) groups excluding carboxylic acids is 2. The number of rotatable bonds is 7. The van der Waals surface area contributed by atoms with Gasteiger partial charge in [-0.05, 0) is 45.0 Å². The van der Waals surface area contributed by atoms with Crippen LogP contribution in [0.15, 0.2) is 53.3 Å². The Bertz CT molecular complexity index is 1120. The molecule has 0 saturated heterocycles. The quantitative estimate of drug-likeness (QED) is 0.631. The van der Waals surface area contributed by atoms with E-state index in [1.54, 1.807) is 35.2 Å². The molecule has 0 atom stereocenters. The fourth-order valence-electron chi connectivity index (χ4n) is 3.24. The van der Waals surface area contributed by atoms with E-state index < -0.39 is 0 Å². The lowest BCUT2D eigenvalue weighted by Crippen LogP contribution is -2.39. The summed E-state index contributed by atoms with van der Waals surface area (Å²) in [5.74, 6) is 0.109. The molecule has 30 heavy (non-hydrogen) atoms. The van der Waals surface area contributed by atoms with Gasteiger partial charge in [0.15, 0.2) is 0 Å². The Kier molecular flexibility index (Phi) is 6.61. The van der Waals surface area contributed by atoms with Crippen molar-refractivity contribution in [2.45, 2.75) is 39.8 Å². The van der Waals surface area contributed by atoms with Crippen LogP contribution in [0.2, 0.25) is 0 Å². The number of carbonyl (C=O) groups is 2. The molecule has 7 heteroatoms. The molecule has 0 bridgehead atoms. The van der Waals surface area contributed by atoms with Crippen LogP contribution in [0.3, 0.4) is 0 Å². The molecule has 0 aliphatic heterocycles. The summed E-state index contributed by atoms with van der Waals surface area (Å²) in [6, 6.07) is 14.3. The standard InChI is InChI=1S/C23H26N4O3/c1-15(2)27(14-20-25-19-10-5-4-9-18(19)23(30)26-20)21(28)11-12-24-22(29)17-8-6-7-16(3)13-17/h4-10,13,15H,11-12,14H2,1-3H3,(H,24,29)(H,25,26,30). The molecule has 1 heterocycles. The fourth-order valence-corrected chi connectivity index (χ4v) is 3.24. The van der Waals surface area contributed by atoms with Crippen molar-refractivity contribution in [3.05, 3.63) is 75.8 Å². The van der Waals surface area contributed by atoms with Gasteiger partial charge in [-0.1, -0.05) is 29.8 Å². The molecule has 0 radical (unpaired) electrons. The minimum atomic E-state index is -0.225. The van der Waals surface area contributed by atoms with E-state index in [1.165, 1.54) is 0 Å². The summed E-state index contributed by atoms with van der Waals surface area (Å²) in [6.45, 7) is 6.16. The van der Waals surface area contributed by atoms with Crippen LogP contribution in [0, 0.1) is 6.92 Å². The van der Waals surface area contributed by atoms with E-state index in [-0.39, 0.29) is 42.9 Å². The van der Waals surface area contributed by atoms with Crippen LogP contribution < -0.4 is 10.9 Å². The Morgan fingerprint density at radius 2 is 1.90 bits per heavy atom. The van der Waals surface area contributed by atoms with E-state index in [9.17, 15) is 14.4 Å². The normalized spacial score (nSPS) is 10.9. The van der Waals surface area contributed by atoms with Crippen LogP contribution in [0.5, 0.6) is 0 Å². The predicted octanol–water partition coefficient (Wildman–Crippen LogP) is 2.79. The number of para-hydroxylation sites is 1. The Hall–Kier alpha value is -3.48. The van der Waals surface area contributed by atoms with Crippen molar-refractivity contribution in [2.24, 2.45) is 0 Å². The average molecular weight is 406 g/mol. The van der Waals surface area contributed by atoms with Gasteiger partial charge in [0.2, 0.25) is 5.91 Å². The van der Waals surface area contributed by atoms with Gasteiger partial charge in [0.25, 0.3) is 11.5 Å². The van der Waals surface area contributed by atoms with E-state index in [0.717, 1.165) is 5.56 Å². The van der Waals surface area contributed by atoms with E-state index in [2.05, 4.69) is 15.3 Å². The van der Waals surface area contributed by atoms with E-state index in [4.69, 9.17) is 0 Å². The van der Waals surface area contributed by atoms with Crippen molar-refractivity contribution < 1.29 is 9.59 Å². The Morgan fingerprint density at radius 3 is 2.63 bits per heavy atom. The van der Waals surface area contributed by atoms with Crippen molar-refractivity contribution in [3.63, 3.8) is 0 Å². The van der Waals surface area contributed by atoms with Crippen LogP contribution in [0.4, 0.5) is 0 Å². The van der Waals surface area contributed by atoms with Crippen molar-refractivity contribution in [3.8, 4) is 0 Å². The van der Waals surface area contributed by atoms with Crippen molar-refractivity contribution in [2.75, 3.05) is 6.54 Å². The topological polar surface area (TPSA) is 95.2 Å². The highest BCUT2D eigenvalue weighted by Gasteiger charge is 2.19. The number of hydrogen-bond acceptors (Lipinski definition) is 4. The van der Waals surface area contributed by atoms with Gasteiger partial charge < -0.3 is 15.2 Å². The van der Waals surface area contributed by atoms with Gasteiger partial charge in [-0.3, -0.25) is 14.4 Å². The van der Waals surface area contributed by atoms with Crippen LogP contribution >= 0.6 is 0 Å². The molecule has 7 nitrogen and oxygen atoms in total. The lowest BCUT2D eigenvalue weighted by atomic mass is 10.1. The summed E-state index contributed by atoms with van der Waals surface area (Å²) < 4.78 is 0. The number of nitrogens with zero attached hydrogens (tertiary/aromatic N) is 2. The second kappa shape index (κ2) is 9.35. The summed E-state index contributed by atoms with van der Waals surface area (Å²) in [6.07, 6.45) is 0.160. The molecule has 0 fully saturated rings. The molecule has 2 aromatic carbocycles. The first kappa shape index (κ1) is 21.2. The Morgan fingerprint density at radius 1 is 1.13 bits per heavy atom. The van der Waals surface area contributed by atoms with Crippen LogP contribution in [-0.2, 0) is 11.3 Å². The zero-order valence-electron chi connectivity index (χ0n) is 17.4. The summed E-state index contributed by atoms with van der Waals surface area (Å²) in [4.78, 5) is 46.2. The third kappa shape index (κ3) is 5.11. The number of aromatic nitrogens is 2. The minimum Gasteiger partial charge on any atom is -0.352 e. The monoisotopic (exact) mass is 406 g/mol. The molecule has 0 aliphatic rings. The van der Waals surface area contributed by atoms with Crippen LogP contribution in [-0.4, -0.2) is 39.3 Å². The molecule has 0 unspecified atom stereocenters. The van der Waals surface area contributed by atoms with Crippen LogP contribution in [0.25, 0.3) is 10.9 Å². The predicted molar refractivity (Wildman–Crippen MR) is 116 cm³/mol. The lowest BCUT2D eigenvalue weighted by Gasteiger charge is -2.26. The van der Waals surface area contributed by atoms with Gasteiger partial charge in [-0.2, -0.15) is 0 Å². The largest absolute Gasteiger partial charge is 0.352 e. The highest BCUT2D eigenvalue weighted by Crippen LogP contribution is 2.10. The maximum absolute atomic E-state index is 12.8. The lowest BCUT2D eigenvalue weighted by molar-refractivity contribution is -0.133. The van der Waals surface area contributed by atoms with Gasteiger partial charge in [-0.25, -0.2) is 4.98 Å². The summed E-state index contributed by atoms with van der Waals surface area (Å²) in [7, 11) is 0. The highest BCUT2D eigenvalue weighted by molar-refractivity contribution is 5.94. The number of benzene rings is 2. The molecule has 156 valence electrons. The summed E-state index contributed by atoms with van der Waals surface area (Å²) in [5.41, 5.74) is 1.94. The number of hydrogen-bond donors (Lipinski definition) is 2. The molecule has 0 spiro atoms. The van der Waals surface area contributed by atoms with Gasteiger partial charge in [0.05, 0.1) is 17.4 Å². The van der Waals surface area contributed by atoms with Gasteiger partial charge in [-0.15, -0.1) is 0 Å². The molecule has 3 aromatic rings. The number of fused-ring (bicyclic) bond motifs is 1. The number of aromatic amines is 1. The molecule has 1 aromatic heterocycles. The average Bonchev–Trinajstić information content (AvgIpc) is 2.71. The maximum Gasteiger partial charge on any atom is 0.258 e. The SMILES string of the molecule is Cc1cccc(C(=O)NCCC(=O)N(Cc2nc3ccccc3c(=O)[nH]2)C(C)C)c1. The smallest absolute Gasteiger partial charge is 0.258 e. The van der Waals surface area contributed by atoms with E-state index in [0.29, 0.717) is 22.3 Å². The highest BCUT2D eigenvalue weighted by atomic mass is 16.2. The summed E-state index contributed by atoms with van der Waals surface area (Å²) in [5, 5.41) is 3.30. The Balaban J connectivity index is 1.64. The second-order valence-electron chi connectivity index (χ2n) is 7.52. The zero-order valence-corrected chi connectivity index (χ0v) is 17.4. The molecule has 0 saturated carbocycles. The first-order valence-corrected chi connectivity index (χ1v) is 9.97. The number of amides is 2. The van der Waals surface area contributed by atoms with Gasteiger partial charge >= 0.3 is 0 Å². The van der Waals surface area contributed by atoms with Crippen LogP contribution in [0.1, 0.15) is 42.0 Å². The molecule has 0 aliphatic carbocycles. The first-order chi connectivity index (χ1) is 14.3. The third-order valence-electron chi connectivity index (χ3n) is 4.83. The number of H-pyrrole nitrogens is 1. The van der Waals surface area contributed by atoms with E-state index in [1.807, 2.05) is 39.0 Å². The molecular weight excluding hydrogens is 380 g/mol. The molecule has 2 N–H and O–H groups in total. The molecular formula is C23H26N4O3. The minimum absolute atomic E-state index is 0.0817. The van der Waals surface area contributed by atoms with Crippen molar-refractivity contribution in [1.82, 2.24) is 20.2 Å². The fraction of sp³-hybridized carbons (Fsp3) is 0.304. The Labute approximate surface area is 175 Å². The van der Waals surface area contributed by atoms with Crippen molar-refractivity contribution in [1.29, 1.82) is 0 Å². The van der Waals surface area contributed by atoms with Gasteiger partial charge in [0.1, 0.15) is 5.82 Å². The number of aryl methyl sites for hydroxylation is 1. The number of nitrogens with one attached hydrogen (secondary N) is 2. The van der Waals surface area contributed by atoms with Crippen molar-refractivity contribution >= 4 is 22.7 Å². The zero-order chi connectivity index (χ0) is 21.7. The third-order valence-corrected chi connectivity index (χ3v) is 4.83. The summed E-state index contributed by atoms with van der Waals surface area (Å²) >= 11 is 0. The maximum atomic E-state index is 12.8. The van der Waals surface area contributed by atoms with Gasteiger partial charge in [0, 0.05) is 24.6 Å².